The number of ether oxygens (including phenoxy) is 1. The van der Waals surface area contributed by atoms with Crippen LogP contribution in [0.25, 0.3) is 0 Å². The molecule has 0 atom stereocenters. The predicted molar refractivity (Wildman–Crippen MR) is 88.1 cm³/mol. The van der Waals surface area contributed by atoms with Gasteiger partial charge in [0.2, 0.25) is 0 Å². The third kappa shape index (κ3) is 2.91. The van der Waals surface area contributed by atoms with Gasteiger partial charge in [-0.3, -0.25) is 0 Å². The van der Waals surface area contributed by atoms with Crippen molar-refractivity contribution in [2.45, 2.75) is 13.8 Å². The first-order valence-corrected chi connectivity index (χ1v) is 6.75. The average molecular weight is 286 g/mol. The Bertz CT molecular complexity index is 653. The highest BCUT2D eigenvalue weighted by molar-refractivity contribution is 7.80. The van der Waals surface area contributed by atoms with E-state index in [-0.39, 0.29) is 0 Å². The third-order valence-electron chi connectivity index (χ3n) is 3.37. The van der Waals surface area contributed by atoms with Crippen molar-refractivity contribution < 1.29 is 4.74 Å². The standard InChI is InChI=1S/C16H18N2OS/c1-10-5-4-6-14(11(10)2)18-15-9-12(19-3)7-8-13(15)16(17)20/h4-9,18H,1-3H3,(H2,17,20). The lowest BCUT2D eigenvalue weighted by Gasteiger charge is -2.15. The molecule has 2 aromatic rings. The molecule has 20 heavy (non-hydrogen) atoms. The SMILES string of the molecule is COc1ccc(C(N)=S)c(Nc2cccc(C)c2C)c1. The second-order valence-electron chi connectivity index (χ2n) is 4.65. The van der Waals surface area contributed by atoms with Crippen LogP contribution >= 0.6 is 12.2 Å². The van der Waals surface area contributed by atoms with Crippen molar-refractivity contribution in [3.63, 3.8) is 0 Å². The van der Waals surface area contributed by atoms with Gasteiger partial charge in [0.15, 0.2) is 0 Å². The molecule has 3 nitrogen and oxygen atoms in total. The van der Waals surface area contributed by atoms with Gasteiger partial charge >= 0.3 is 0 Å². The van der Waals surface area contributed by atoms with E-state index in [2.05, 4.69) is 25.2 Å². The highest BCUT2D eigenvalue weighted by Gasteiger charge is 2.09. The van der Waals surface area contributed by atoms with Gasteiger partial charge in [-0.1, -0.05) is 24.4 Å². The molecule has 0 radical (unpaired) electrons. The lowest BCUT2D eigenvalue weighted by Crippen LogP contribution is -2.12. The first-order valence-electron chi connectivity index (χ1n) is 6.34. The molecule has 0 aliphatic heterocycles. The highest BCUT2D eigenvalue weighted by Crippen LogP contribution is 2.28. The lowest BCUT2D eigenvalue weighted by atomic mass is 10.1. The topological polar surface area (TPSA) is 47.3 Å². The molecule has 0 unspecified atom stereocenters. The monoisotopic (exact) mass is 286 g/mol. The van der Waals surface area contributed by atoms with Gasteiger partial charge < -0.3 is 15.8 Å². The van der Waals surface area contributed by atoms with E-state index in [1.165, 1.54) is 11.1 Å². The number of nitrogens with two attached hydrogens (primary N) is 1. The van der Waals surface area contributed by atoms with Crippen molar-refractivity contribution in [3.05, 3.63) is 53.1 Å². The number of methoxy groups -OCH3 is 1. The van der Waals surface area contributed by atoms with E-state index in [0.717, 1.165) is 22.7 Å². The van der Waals surface area contributed by atoms with Gasteiger partial charge in [0.1, 0.15) is 10.7 Å². The number of nitrogens with one attached hydrogen (secondary N) is 1. The summed E-state index contributed by atoms with van der Waals surface area (Å²) in [6, 6.07) is 11.8. The smallest absolute Gasteiger partial charge is 0.120 e. The molecule has 104 valence electrons. The van der Waals surface area contributed by atoms with E-state index in [0.29, 0.717) is 4.99 Å². The summed E-state index contributed by atoms with van der Waals surface area (Å²) in [5.74, 6) is 0.762. The van der Waals surface area contributed by atoms with Crippen LogP contribution in [0.4, 0.5) is 11.4 Å². The van der Waals surface area contributed by atoms with Crippen molar-refractivity contribution in [2.75, 3.05) is 12.4 Å². The molecule has 4 heteroatoms. The summed E-state index contributed by atoms with van der Waals surface area (Å²) in [5, 5.41) is 3.39. The number of hydrogen-bond acceptors (Lipinski definition) is 3. The first-order chi connectivity index (χ1) is 9.52. The summed E-state index contributed by atoms with van der Waals surface area (Å²) in [4.78, 5) is 0.362. The predicted octanol–water partition coefficient (Wildman–Crippen LogP) is 3.69. The molecule has 2 aromatic carbocycles. The van der Waals surface area contributed by atoms with Gasteiger partial charge in [-0.15, -0.1) is 0 Å². The Morgan fingerprint density at radius 1 is 1.15 bits per heavy atom. The highest BCUT2D eigenvalue weighted by atomic mass is 32.1. The van der Waals surface area contributed by atoms with Crippen LogP contribution in [0.5, 0.6) is 5.75 Å². The number of anilines is 2. The first kappa shape index (κ1) is 14.3. The van der Waals surface area contributed by atoms with Crippen LogP contribution < -0.4 is 15.8 Å². The number of hydrogen-bond donors (Lipinski definition) is 2. The minimum absolute atomic E-state index is 0.362. The summed E-state index contributed by atoms with van der Waals surface area (Å²) in [6.45, 7) is 4.17. The van der Waals surface area contributed by atoms with Crippen LogP contribution in [0, 0.1) is 13.8 Å². The molecule has 0 amide bonds. The summed E-state index contributed by atoms with van der Waals surface area (Å²) in [5.41, 5.74) is 10.9. The van der Waals surface area contributed by atoms with Gasteiger partial charge in [0.05, 0.1) is 12.8 Å². The fourth-order valence-corrected chi connectivity index (χ4v) is 2.18. The molecule has 0 fully saturated rings. The van der Waals surface area contributed by atoms with E-state index in [4.69, 9.17) is 22.7 Å². The number of aryl methyl sites for hydroxylation is 1. The second-order valence-corrected chi connectivity index (χ2v) is 5.09. The molecular formula is C16H18N2OS. The molecule has 0 spiro atoms. The molecule has 3 N–H and O–H groups in total. The van der Waals surface area contributed by atoms with E-state index < -0.39 is 0 Å². The molecule has 0 aliphatic carbocycles. The Morgan fingerprint density at radius 3 is 2.55 bits per heavy atom. The minimum Gasteiger partial charge on any atom is -0.497 e. The number of rotatable bonds is 4. The fourth-order valence-electron chi connectivity index (χ4n) is 2.00. The van der Waals surface area contributed by atoms with Gasteiger partial charge in [-0.25, -0.2) is 0 Å². The minimum atomic E-state index is 0.362. The molecule has 0 bridgehead atoms. The van der Waals surface area contributed by atoms with Crippen LogP contribution in [0.2, 0.25) is 0 Å². The zero-order valence-corrected chi connectivity index (χ0v) is 12.7. The Hall–Kier alpha value is -2.07. The molecule has 0 saturated heterocycles. The van der Waals surface area contributed by atoms with Crippen molar-refractivity contribution in [1.29, 1.82) is 0 Å². The van der Waals surface area contributed by atoms with E-state index >= 15 is 0 Å². The van der Waals surface area contributed by atoms with E-state index in [1.54, 1.807) is 7.11 Å². The van der Waals surface area contributed by atoms with Gasteiger partial charge in [-0.05, 0) is 43.2 Å². The molecular weight excluding hydrogens is 268 g/mol. The van der Waals surface area contributed by atoms with Crippen molar-refractivity contribution >= 4 is 28.6 Å². The van der Waals surface area contributed by atoms with Gasteiger partial charge in [-0.2, -0.15) is 0 Å². The summed E-state index contributed by atoms with van der Waals surface area (Å²) in [6.07, 6.45) is 0. The molecule has 2 rings (SSSR count). The Labute approximate surface area is 124 Å². The van der Waals surface area contributed by atoms with E-state index in [1.807, 2.05) is 30.3 Å². The van der Waals surface area contributed by atoms with Crippen molar-refractivity contribution in [1.82, 2.24) is 0 Å². The van der Waals surface area contributed by atoms with E-state index in [9.17, 15) is 0 Å². The zero-order chi connectivity index (χ0) is 14.7. The van der Waals surface area contributed by atoms with Gasteiger partial charge in [0, 0.05) is 17.3 Å². The normalized spacial score (nSPS) is 10.2. The Balaban J connectivity index is 2.46. The third-order valence-corrected chi connectivity index (χ3v) is 3.59. The molecule has 0 saturated carbocycles. The number of thiocarbonyl (C=S) groups is 1. The summed E-state index contributed by atoms with van der Waals surface area (Å²) in [7, 11) is 1.64. The quantitative estimate of drug-likeness (QED) is 0.842. The largest absolute Gasteiger partial charge is 0.497 e. The second kappa shape index (κ2) is 5.92. The average Bonchev–Trinajstić information content (AvgIpc) is 2.43. The Kier molecular flexibility index (Phi) is 4.25. The van der Waals surface area contributed by atoms with Crippen molar-refractivity contribution in [3.8, 4) is 5.75 Å². The Morgan fingerprint density at radius 2 is 1.90 bits per heavy atom. The molecule has 0 aliphatic rings. The molecule has 0 aromatic heterocycles. The van der Waals surface area contributed by atoms with Crippen molar-refractivity contribution in [2.24, 2.45) is 5.73 Å². The maximum Gasteiger partial charge on any atom is 0.120 e. The maximum atomic E-state index is 5.78. The van der Waals surface area contributed by atoms with Crippen LogP contribution in [0.15, 0.2) is 36.4 Å². The molecule has 0 heterocycles. The summed E-state index contributed by atoms with van der Waals surface area (Å²) >= 11 is 5.10. The maximum absolute atomic E-state index is 5.78. The lowest BCUT2D eigenvalue weighted by molar-refractivity contribution is 0.415. The van der Waals surface area contributed by atoms with Crippen LogP contribution in [0.1, 0.15) is 16.7 Å². The van der Waals surface area contributed by atoms with Crippen LogP contribution in [0.3, 0.4) is 0 Å². The number of benzene rings is 2. The van der Waals surface area contributed by atoms with Gasteiger partial charge in [0.25, 0.3) is 0 Å². The zero-order valence-electron chi connectivity index (χ0n) is 11.9. The van der Waals surface area contributed by atoms with Crippen LogP contribution in [-0.4, -0.2) is 12.1 Å². The fraction of sp³-hybridized carbons (Fsp3) is 0.188. The summed E-state index contributed by atoms with van der Waals surface area (Å²) < 4.78 is 5.26. The van der Waals surface area contributed by atoms with Crippen LogP contribution in [-0.2, 0) is 0 Å².